The highest BCUT2D eigenvalue weighted by molar-refractivity contribution is 5.94. The molecule has 0 atom stereocenters. The Morgan fingerprint density at radius 1 is 1.11 bits per heavy atom. The van der Waals surface area contributed by atoms with E-state index in [1.165, 1.54) is 10.6 Å². The molecular formula is C20H21N3O4. The standard InChI is InChI=1S/C20H21N3O4/c1-20(2,13-8-9-15(26-3)16(11-13)27-4)22-18(24)14-12-21-17-7-5-6-10-23(17)19(14)25/h5-12H,1-4H3,(H,22,24). The highest BCUT2D eigenvalue weighted by Crippen LogP contribution is 2.32. The van der Waals surface area contributed by atoms with E-state index in [1.54, 1.807) is 50.7 Å². The number of nitrogens with zero attached hydrogens (tertiary/aromatic N) is 2. The average molecular weight is 367 g/mol. The maximum Gasteiger partial charge on any atom is 0.270 e. The minimum Gasteiger partial charge on any atom is -0.493 e. The van der Waals surface area contributed by atoms with E-state index in [0.717, 1.165) is 5.56 Å². The number of rotatable bonds is 5. The molecule has 1 N–H and O–H groups in total. The minimum atomic E-state index is -0.751. The molecule has 0 saturated carbocycles. The largest absolute Gasteiger partial charge is 0.493 e. The molecule has 2 heterocycles. The van der Waals surface area contributed by atoms with E-state index >= 15 is 0 Å². The Kier molecular flexibility index (Phi) is 4.85. The SMILES string of the molecule is COc1ccc(C(C)(C)NC(=O)c2cnc3ccccn3c2=O)cc1OC. The van der Waals surface area contributed by atoms with Gasteiger partial charge in [0.25, 0.3) is 11.5 Å². The Balaban J connectivity index is 1.93. The summed E-state index contributed by atoms with van der Waals surface area (Å²) in [5.74, 6) is 0.663. The highest BCUT2D eigenvalue weighted by Gasteiger charge is 2.26. The molecule has 0 spiro atoms. The molecule has 0 aliphatic rings. The molecule has 0 unspecified atom stereocenters. The molecule has 0 radical (unpaired) electrons. The first-order valence-electron chi connectivity index (χ1n) is 8.39. The monoisotopic (exact) mass is 367 g/mol. The Labute approximate surface area is 156 Å². The number of carbonyl (C=O) groups excluding carboxylic acids is 1. The molecular weight excluding hydrogens is 346 g/mol. The number of hydrogen-bond donors (Lipinski definition) is 1. The van der Waals surface area contributed by atoms with Crippen LogP contribution in [0.5, 0.6) is 11.5 Å². The van der Waals surface area contributed by atoms with Gasteiger partial charge in [-0.15, -0.1) is 0 Å². The number of hydrogen-bond acceptors (Lipinski definition) is 5. The van der Waals surface area contributed by atoms with Gasteiger partial charge in [-0.05, 0) is 43.7 Å². The quantitative estimate of drug-likeness (QED) is 0.749. The van der Waals surface area contributed by atoms with Gasteiger partial charge in [0.1, 0.15) is 11.2 Å². The second-order valence-electron chi connectivity index (χ2n) is 6.55. The van der Waals surface area contributed by atoms with Crippen molar-refractivity contribution in [2.45, 2.75) is 19.4 Å². The van der Waals surface area contributed by atoms with Gasteiger partial charge in [-0.2, -0.15) is 0 Å². The summed E-state index contributed by atoms with van der Waals surface area (Å²) in [5.41, 5.74) is 0.105. The smallest absolute Gasteiger partial charge is 0.270 e. The lowest BCUT2D eigenvalue weighted by atomic mass is 9.93. The third-order valence-electron chi connectivity index (χ3n) is 4.39. The van der Waals surface area contributed by atoms with Crippen LogP contribution in [-0.2, 0) is 5.54 Å². The lowest BCUT2D eigenvalue weighted by Crippen LogP contribution is -2.43. The highest BCUT2D eigenvalue weighted by atomic mass is 16.5. The van der Waals surface area contributed by atoms with Crippen molar-refractivity contribution >= 4 is 11.6 Å². The van der Waals surface area contributed by atoms with Crippen LogP contribution in [0.1, 0.15) is 29.8 Å². The summed E-state index contributed by atoms with van der Waals surface area (Å²) in [6.07, 6.45) is 2.89. The van der Waals surface area contributed by atoms with Crippen LogP contribution in [-0.4, -0.2) is 29.5 Å². The van der Waals surface area contributed by atoms with Crippen LogP contribution in [0.3, 0.4) is 0 Å². The third kappa shape index (κ3) is 3.48. The molecule has 0 aliphatic heterocycles. The van der Waals surface area contributed by atoms with Gasteiger partial charge in [-0.25, -0.2) is 4.98 Å². The van der Waals surface area contributed by atoms with Gasteiger partial charge < -0.3 is 14.8 Å². The molecule has 7 heteroatoms. The maximum atomic E-state index is 12.8. The van der Waals surface area contributed by atoms with Crippen LogP contribution in [0.2, 0.25) is 0 Å². The number of methoxy groups -OCH3 is 2. The lowest BCUT2D eigenvalue weighted by Gasteiger charge is -2.27. The van der Waals surface area contributed by atoms with E-state index in [4.69, 9.17) is 9.47 Å². The van der Waals surface area contributed by atoms with Gasteiger partial charge in [0.2, 0.25) is 0 Å². The fraction of sp³-hybridized carbons (Fsp3) is 0.250. The summed E-state index contributed by atoms with van der Waals surface area (Å²) >= 11 is 0. The van der Waals surface area contributed by atoms with Crippen LogP contribution in [0.4, 0.5) is 0 Å². The van der Waals surface area contributed by atoms with Crippen molar-refractivity contribution < 1.29 is 14.3 Å². The predicted octanol–water partition coefficient (Wildman–Crippen LogP) is 2.38. The van der Waals surface area contributed by atoms with Crippen LogP contribution < -0.4 is 20.3 Å². The van der Waals surface area contributed by atoms with E-state index in [0.29, 0.717) is 17.1 Å². The van der Waals surface area contributed by atoms with Crippen molar-refractivity contribution in [3.05, 3.63) is 70.3 Å². The second-order valence-corrected chi connectivity index (χ2v) is 6.55. The molecule has 3 rings (SSSR count). The first kappa shape index (κ1) is 18.4. The Morgan fingerprint density at radius 3 is 2.56 bits per heavy atom. The average Bonchev–Trinajstić information content (AvgIpc) is 2.67. The normalized spacial score (nSPS) is 11.3. The topological polar surface area (TPSA) is 81.9 Å². The van der Waals surface area contributed by atoms with Gasteiger partial charge in [0.05, 0.1) is 19.8 Å². The summed E-state index contributed by atoms with van der Waals surface area (Å²) in [4.78, 5) is 29.5. The second kappa shape index (κ2) is 7.11. The molecule has 0 fully saturated rings. The van der Waals surface area contributed by atoms with Crippen LogP contribution in [0, 0.1) is 0 Å². The van der Waals surface area contributed by atoms with Crippen LogP contribution in [0.15, 0.2) is 53.6 Å². The van der Waals surface area contributed by atoms with E-state index in [-0.39, 0.29) is 5.56 Å². The Morgan fingerprint density at radius 2 is 1.85 bits per heavy atom. The molecule has 27 heavy (non-hydrogen) atoms. The first-order valence-corrected chi connectivity index (χ1v) is 8.39. The zero-order chi connectivity index (χ0) is 19.6. The molecule has 7 nitrogen and oxygen atoms in total. The van der Waals surface area contributed by atoms with Gasteiger partial charge >= 0.3 is 0 Å². The summed E-state index contributed by atoms with van der Waals surface area (Å²) in [5, 5.41) is 2.89. The minimum absolute atomic E-state index is 0.0211. The van der Waals surface area contributed by atoms with Gasteiger partial charge in [-0.1, -0.05) is 12.1 Å². The number of pyridine rings is 1. The number of fused-ring (bicyclic) bond motifs is 1. The molecule has 3 aromatic rings. The molecule has 0 saturated heterocycles. The first-order chi connectivity index (χ1) is 12.9. The number of ether oxygens (including phenoxy) is 2. The summed E-state index contributed by atoms with van der Waals surface area (Å²) in [6, 6.07) is 10.6. The van der Waals surface area contributed by atoms with Gasteiger partial charge in [0.15, 0.2) is 11.5 Å². The van der Waals surface area contributed by atoms with Crippen LogP contribution in [0.25, 0.3) is 5.65 Å². The van der Waals surface area contributed by atoms with Crippen molar-refractivity contribution in [3.8, 4) is 11.5 Å². The van der Waals surface area contributed by atoms with Crippen molar-refractivity contribution in [1.82, 2.24) is 14.7 Å². The zero-order valence-electron chi connectivity index (χ0n) is 15.6. The number of aromatic nitrogens is 2. The molecule has 1 amide bonds. The van der Waals surface area contributed by atoms with Crippen molar-refractivity contribution in [1.29, 1.82) is 0 Å². The summed E-state index contributed by atoms with van der Waals surface area (Å²) in [6.45, 7) is 3.69. The number of benzene rings is 1. The predicted molar refractivity (Wildman–Crippen MR) is 102 cm³/mol. The lowest BCUT2D eigenvalue weighted by molar-refractivity contribution is 0.0910. The van der Waals surface area contributed by atoms with Crippen molar-refractivity contribution in [3.63, 3.8) is 0 Å². The number of carbonyl (C=O) groups is 1. The molecule has 2 aromatic heterocycles. The number of nitrogens with one attached hydrogen (secondary N) is 1. The summed E-state index contributed by atoms with van der Waals surface area (Å²) < 4.78 is 11.9. The Bertz CT molecular complexity index is 1060. The fourth-order valence-electron chi connectivity index (χ4n) is 2.83. The maximum absolute atomic E-state index is 12.8. The van der Waals surface area contributed by atoms with Crippen molar-refractivity contribution in [2.75, 3.05) is 14.2 Å². The Hall–Kier alpha value is -3.35. The molecule has 0 aliphatic carbocycles. The van der Waals surface area contributed by atoms with Crippen LogP contribution >= 0.6 is 0 Å². The van der Waals surface area contributed by atoms with Gasteiger partial charge in [-0.3, -0.25) is 14.0 Å². The zero-order valence-corrected chi connectivity index (χ0v) is 15.6. The van der Waals surface area contributed by atoms with E-state index < -0.39 is 17.0 Å². The molecule has 140 valence electrons. The number of amides is 1. The van der Waals surface area contributed by atoms with Crippen molar-refractivity contribution in [2.24, 2.45) is 0 Å². The third-order valence-corrected chi connectivity index (χ3v) is 4.39. The molecule has 0 bridgehead atoms. The van der Waals surface area contributed by atoms with E-state index in [9.17, 15) is 9.59 Å². The van der Waals surface area contributed by atoms with E-state index in [1.807, 2.05) is 19.9 Å². The molecule has 1 aromatic carbocycles. The van der Waals surface area contributed by atoms with Gasteiger partial charge in [0, 0.05) is 12.4 Å². The fourth-order valence-corrected chi connectivity index (χ4v) is 2.83. The van der Waals surface area contributed by atoms with E-state index in [2.05, 4.69) is 10.3 Å². The summed E-state index contributed by atoms with van der Waals surface area (Å²) in [7, 11) is 3.11.